The Kier molecular flexibility index (Phi) is 3.21. The van der Waals surface area contributed by atoms with Crippen LogP contribution in [0.25, 0.3) is 0 Å². The average molecular weight is 238 g/mol. The topological polar surface area (TPSA) is 56.7 Å². The van der Waals surface area contributed by atoms with Crippen molar-refractivity contribution in [1.29, 1.82) is 0 Å². The summed E-state index contributed by atoms with van der Waals surface area (Å²) in [6, 6.07) is 4.74. The molecule has 0 unspecified atom stereocenters. The Balaban J connectivity index is 2.28. The Morgan fingerprint density at radius 1 is 1.44 bits per heavy atom. The summed E-state index contributed by atoms with van der Waals surface area (Å²) in [5.74, 6) is -0.285. The van der Waals surface area contributed by atoms with Crippen molar-refractivity contribution in [2.45, 2.75) is 16.6 Å². The second kappa shape index (κ2) is 4.63. The molecule has 0 radical (unpaired) electrons. The van der Waals surface area contributed by atoms with Gasteiger partial charge in [0.2, 0.25) is 0 Å². The van der Waals surface area contributed by atoms with E-state index in [1.807, 2.05) is 13.1 Å². The molecule has 0 fully saturated rings. The van der Waals surface area contributed by atoms with Crippen LogP contribution in [0.2, 0.25) is 0 Å². The molecule has 84 valence electrons. The van der Waals surface area contributed by atoms with Gasteiger partial charge in [0.05, 0.1) is 0 Å². The monoisotopic (exact) mass is 238 g/mol. The molecule has 0 atom stereocenters. The van der Waals surface area contributed by atoms with Crippen LogP contribution in [0, 0.1) is 5.82 Å². The highest BCUT2D eigenvalue weighted by Crippen LogP contribution is 2.26. The standard InChI is InChI=1S/C10H11FN4S/c1-15-6-13-14-10(15)16-9-3-7(5-12)2-8(11)4-9/h2-4,6H,5,12H2,1H3. The van der Waals surface area contributed by atoms with Crippen molar-refractivity contribution in [3.05, 3.63) is 35.9 Å². The SMILES string of the molecule is Cn1cnnc1Sc1cc(F)cc(CN)c1. The molecule has 4 nitrogen and oxygen atoms in total. The lowest BCUT2D eigenvalue weighted by molar-refractivity contribution is 0.621. The van der Waals surface area contributed by atoms with E-state index in [1.165, 1.54) is 23.9 Å². The number of halogens is 1. The highest BCUT2D eigenvalue weighted by Gasteiger charge is 2.06. The first-order valence-electron chi connectivity index (χ1n) is 4.70. The van der Waals surface area contributed by atoms with E-state index in [0.717, 1.165) is 10.5 Å². The third-order valence-corrected chi connectivity index (χ3v) is 3.07. The molecule has 1 heterocycles. The van der Waals surface area contributed by atoms with Gasteiger partial charge in [0.1, 0.15) is 12.1 Å². The molecule has 0 aliphatic rings. The Morgan fingerprint density at radius 2 is 2.25 bits per heavy atom. The first kappa shape index (κ1) is 11.1. The predicted octanol–water partition coefficient (Wildman–Crippen LogP) is 1.56. The summed E-state index contributed by atoms with van der Waals surface area (Å²) in [4.78, 5) is 0.775. The van der Waals surface area contributed by atoms with Gasteiger partial charge >= 0.3 is 0 Å². The quantitative estimate of drug-likeness (QED) is 0.881. The summed E-state index contributed by atoms with van der Waals surface area (Å²) in [5, 5.41) is 8.39. The molecule has 16 heavy (non-hydrogen) atoms. The molecule has 1 aromatic carbocycles. The van der Waals surface area contributed by atoms with Crippen molar-refractivity contribution < 1.29 is 4.39 Å². The third kappa shape index (κ3) is 2.40. The normalized spacial score (nSPS) is 10.7. The van der Waals surface area contributed by atoms with Gasteiger partial charge in [-0.25, -0.2) is 4.39 Å². The molecule has 2 rings (SSSR count). The molecule has 0 aliphatic carbocycles. The molecular weight excluding hydrogens is 227 g/mol. The average Bonchev–Trinajstić information content (AvgIpc) is 2.63. The van der Waals surface area contributed by atoms with E-state index in [-0.39, 0.29) is 5.82 Å². The molecule has 0 spiro atoms. The molecule has 0 aliphatic heterocycles. The fraction of sp³-hybridized carbons (Fsp3) is 0.200. The summed E-state index contributed by atoms with van der Waals surface area (Å²) in [7, 11) is 1.84. The smallest absolute Gasteiger partial charge is 0.195 e. The lowest BCUT2D eigenvalue weighted by Crippen LogP contribution is -1.97. The van der Waals surface area contributed by atoms with Crippen LogP contribution in [0.4, 0.5) is 4.39 Å². The number of nitrogens with zero attached hydrogens (tertiary/aromatic N) is 3. The van der Waals surface area contributed by atoms with E-state index in [4.69, 9.17) is 5.73 Å². The van der Waals surface area contributed by atoms with Gasteiger partial charge in [-0.1, -0.05) is 0 Å². The van der Waals surface area contributed by atoms with Gasteiger partial charge in [-0.2, -0.15) is 0 Å². The number of rotatable bonds is 3. The highest BCUT2D eigenvalue weighted by molar-refractivity contribution is 7.99. The first-order chi connectivity index (χ1) is 7.69. The van der Waals surface area contributed by atoms with Crippen LogP contribution in [0.15, 0.2) is 34.6 Å². The maximum atomic E-state index is 13.2. The molecule has 1 aromatic heterocycles. The maximum absolute atomic E-state index is 13.2. The Labute approximate surface area is 96.7 Å². The minimum absolute atomic E-state index is 0.285. The summed E-state index contributed by atoms with van der Waals surface area (Å²) < 4.78 is 15.0. The second-order valence-corrected chi connectivity index (χ2v) is 4.37. The lowest BCUT2D eigenvalue weighted by Gasteiger charge is -2.03. The predicted molar refractivity (Wildman–Crippen MR) is 59.4 cm³/mol. The van der Waals surface area contributed by atoms with Gasteiger partial charge in [-0.05, 0) is 35.5 Å². The number of benzene rings is 1. The van der Waals surface area contributed by atoms with Crippen LogP contribution in [0.1, 0.15) is 5.56 Å². The van der Waals surface area contributed by atoms with Gasteiger partial charge in [0.15, 0.2) is 5.16 Å². The summed E-state index contributed by atoms with van der Waals surface area (Å²) in [6.07, 6.45) is 1.60. The summed E-state index contributed by atoms with van der Waals surface area (Å²) in [6.45, 7) is 0.324. The van der Waals surface area contributed by atoms with Crippen molar-refractivity contribution in [3.8, 4) is 0 Å². The molecule has 0 amide bonds. The highest BCUT2D eigenvalue weighted by atomic mass is 32.2. The minimum Gasteiger partial charge on any atom is -0.326 e. The van der Waals surface area contributed by atoms with Gasteiger partial charge < -0.3 is 10.3 Å². The van der Waals surface area contributed by atoms with Crippen LogP contribution < -0.4 is 5.73 Å². The Hall–Kier alpha value is -1.40. The van der Waals surface area contributed by atoms with E-state index in [0.29, 0.717) is 11.7 Å². The number of nitrogens with two attached hydrogens (primary N) is 1. The third-order valence-electron chi connectivity index (χ3n) is 2.05. The summed E-state index contributed by atoms with van der Waals surface area (Å²) in [5.41, 5.74) is 6.25. The molecule has 0 bridgehead atoms. The fourth-order valence-electron chi connectivity index (χ4n) is 1.27. The molecule has 2 aromatic rings. The summed E-state index contributed by atoms with van der Waals surface area (Å²) >= 11 is 1.36. The van der Waals surface area contributed by atoms with E-state index >= 15 is 0 Å². The zero-order valence-electron chi connectivity index (χ0n) is 8.72. The second-order valence-electron chi connectivity index (χ2n) is 3.33. The van der Waals surface area contributed by atoms with Crippen LogP contribution >= 0.6 is 11.8 Å². The molecule has 0 saturated heterocycles. The number of hydrogen-bond donors (Lipinski definition) is 1. The number of aromatic nitrogens is 3. The maximum Gasteiger partial charge on any atom is 0.195 e. The first-order valence-corrected chi connectivity index (χ1v) is 5.52. The fourth-order valence-corrected chi connectivity index (χ4v) is 2.14. The Morgan fingerprint density at radius 3 is 2.88 bits per heavy atom. The van der Waals surface area contributed by atoms with Crippen LogP contribution in [0.5, 0.6) is 0 Å². The minimum atomic E-state index is -0.285. The van der Waals surface area contributed by atoms with Gasteiger partial charge in [0, 0.05) is 18.5 Å². The van der Waals surface area contributed by atoms with Crippen LogP contribution in [-0.2, 0) is 13.6 Å². The van der Waals surface area contributed by atoms with Gasteiger partial charge in [0.25, 0.3) is 0 Å². The molecule has 2 N–H and O–H groups in total. The molecule has 6 heteroatoms. The van der Waals surface area contributed by atoms with Crippen molar-refractivity contribution in [1.82, 2.24) is 14.8 Å². The van der Waals surface area contributed by atoms with Crippen LogP contribution in [0.3, 0.4) is 0 Å². The van der Waals surface area contributed by atoms with Gasteiger partial charge in [-0.3, -0.25) is 0 Å². The number of aryl methyl sites for hydroxylation is 1. The zero-order chi connectivity index (χ0) is 11.5. The van der Waals surface area contributed by atoms with E-state index in [1.54, 1.807) is 10.9 Å². The molecular formula is C10H11FN4S. The lowest BCUT2D eigenvalue weighted by atomic mass is 10.2. The largest absolute Gasteiger partial charge is 0.326 e. The van der Waals surface area contributed by atoms with Crippen molar-refractivity contribution in [3.63, 3.8) is 0 Å². The van der Waals surface area contributed by atoms with E-state index in [9.17, 15) is 4.39 Å². The molecule has 0 saturated carbocycles. The van der Waals surface area contributed by atoms with Crippen molar-refractivity contribution in [2.75, 3.05) is 0 Å². The zero-order valence-corrected chi connectivity index (χ0v) is 9.54. The number of hydrogen-bond acceptors (Lipinski definition) is 4. The van der Waals surface area contributed by atoms with E-state index in [2.05, 4.69) is 10.2 Å². The van der Waals surface area contributed by atoms with Gasteiger partial charge in [-0.15, -0.1) is 10.2 Å². The Bertz CT molecular complexity index is 497. The van der Waals surface area contributed by atoms with Crippen molar-refractivity contribution in [2.24, 2.45) is 12.8 Å². The van der Waals surface area contributed by atoms with Crippen LogP contribution in [-0.4, -0.2) is 14.8 Å². The van der Waals surface area contributed by atoms with Crippen molar-refractivity contribution >= 4 is 11.8 Å². The van der Waals surface area contributed by atoms with E-state index < -0.39 is 0 Å².